The van der Waals surface area contributed by atoms with Crippen LogP contribution in [0.4, 0.5) is 13.2 Å². The van der Waals surface area contributed by atoms with Gasteiger partial charge in [-0.25, -0.2) is 9.48 Å². The van der Waals surface area contributed by atoms with E-state index in [1.165, 1.54) is 4.68 Å². The summed E-state index contributed by atoms with van der Waals surface area (Å²) in [6.07, 6.45) is -3.76. The average Bonchev–Trinajstić information content (AvgIpc) is 2.80. The first-order chi connectivity index (χ1) is 11.0. The molecule has 1 N–H and O–H groups in total. The zero-order valence-corrected chi connectivity index (χ0v) is 13.9. The average molecular weight is 383 g/mol. The minimum absolute atomic E-state index is 0.0484. The Balaban J connectivity index is 2.60. The van der Waals surface area contributed by atoms with Crippen molar-refractivity contribution in [1.82, 2.24) is 9.78 Å². The highest BCUT2D eigenvalue weighted by Crippen LogP contribution is 2.37. The first-order valence-electron chi connectivity index (χ1n) is 6.57. The van der Waals surface area contributed by atoms with Crippen LogP contribution >= 0.6 is 23.2 Å². The van der Waals surface area contributed by atoms with Crippen molar-refractivity contribution in [2.24, 2.45) is 0 Å². The molecule has 0 unspecified atom stereocenters. The molecule has 0 radical (unpaired) electrons. The van der Waals surface area contributed by atoms with Crippen LogP contribution < -0.4 is 4.74 Å². The smallest absolute Gasteiger partial charge is 0.478 e. The Morgan fingerprint density at radius 1 is 1.29 bits per heavy atom. The molecule has 2 rings (SSSR count). The Bertz CT molecular complexity index is 765. The molecule has 1 aromatic heterocycles. The molecule has 1 aromatic carbocycles. The number of halogens is 5. The number of aromatic carboxylic acids is 1. The normalized spacial score (nSPS) is 11.8. The molecular weight excluding hydrogens is 372 g/mol. The summed E-state index contributed by atoms with van der Waals surface area (Å²) >= 11 is 12.0. The summed E-state index contributed by atoms with van der Waals surface area (Å²) in [4.78, 5) is 11.3. The Kier molecular flexibility index (Phi) is 5.00. The van der Waals surface area contributed by atoms with E-state index < -0.39 is 18.1 Å². The Hall–Kier alpha value is -1.93. The van der Waals surface area contributed by atoms with Crippen molar-refractivity contribution in [3.8, 4) is 11.4 Å². The van der Waals surface area contributed by atoms with E-state index >= 15 is 0 Å². The Labute approximate surface area is 144 Å². The van der Waals surface area contributed by atoms with Crippen LogP contribution in [-0.4, -0.2) is 27.2 Å². The number of hydrogen-bond donors (Lipinski definition) is 1. The fourth-order valence-electron chi connectivity index (χ4n) is 2.19. The number of carboxylic acids is 1. The summed E-state index contributed by atoms with van der Waals surface area (Å²) in [5.74, 6) is -2.02. The van der Waals surface area contributed by atoms with Gasteiger partial charge in [0.25, 0.3) is 0 Å². The molecule has 0 aliphatic rings. The predicted molar refractivity (Wildman–Crippen MR) is 81.3 cm³/mol. The molecule has 5 nitrogen and oxygen atoms in total. The van der Waals surface area contributed by atoms with E-state index in [1.807, 2.05) is 0 Å². The number of hydrogen-bond acceptors (Lipinski definition) is 3. The first kappa shape index (κ1) is 18.4. The quantitative estimate of drug-likeness (QED) is 0.816. The third kappa shape index (κ3) is 3.76. The summed E-state index contributed by atoms with van der Waals surface area (Å²) in [7, 11) is 0. The number of ether oxygens (including phenoxy) is 1. The van der Waals surface area contributed by atoms with E-state index in [9.17, 15) is 23.1 Å². The van der Waals surface area contributed by atoms with Gasteiger partial charge in [0.1, 0.15) is 17.0 Å². The van der Waals surface area contributed by atoms with E-state index in [0.29, 0.717) is 5.69 Å². The van der Waals surface area contributed by atoms with E-state index in [1.54, 1.807) is 13.8 Å². The lowest BCUT2D eigenvalue weighted by Gasteiger charge is -2.16. The second-order valence-corrected chi connectivity index (χ2v) is 5.91. The van der Waals surface area contributed by atoms with Crippen LogP contribution in [0, 0.1) is 0 Å². The molecule has 2 aromatic rings. The van der Waals surface area contributed by atoms with Gasteiger partial charge in [0, 0.05) is 12.1 Å². The number of alkyl halides is 3. The van der Waals surface area contributed by atoms with Crippen LogP contribution in [0.25, 0.3) is 5.69 Å². The maximum absolute atomic E-state index is 12.3. The van der Waals surface area contributed by atoms with Gasteiger partial charge >= 0.3 is 12.3 Å². The monoisotopic (exact) mass is 382 g/mol. The minimum atomic E-state index is -4.89. The molecule has 0 amide bonds. The molecule has 10 heteroatoms. The largest absolute Gasteiger partial charge is 0.573 e. The van der Waals surface area contributed by atoms with Crippen molar-refractivity contribution in [1.29, 1.82) is 0 Å². The lowest BCUT2D eigenvalue weighted by molar-refractivity contribution is -0.274. The molecule has 1 heterocycles. The molecule has 0 fully saturated rings. The van der Waals surface area contributed by atoms with Gasteiger partial charge in [0.05, 0.1) is 21.9 Å². The summed E-state index contributed by atoms with van der Waals surface area (Å²) in [6, 6.07) is 1.87. The minimum Gasteiger partial charge on any atom is -0.478 e. The second kappa shape index (κ2) is 6.52. The van der Waals surface area contributed by atoms with Gasteiger partial charge in [-0.2, -0.15) is 5.10 Å². The van der Waals surface area contributed by atoms with E-state index in [-0.39, 0.29) is 27.2 Å². The Morgan fingerprint density at radius 3 is 2.25 bits per heavy atom. The third-order valence-corrected chi connectivity index (χ3v) is 3.60. The van der Waals surface area contributed by atoms with Gasteiger partial charge in [-0.05, 0) is 5.92 Å². The van der Waals surface area contributed by atoms with Crippen molar-refractivity contribution in [2.45, 2.75) is 26.1 Å². The van der Waals surface area contributed by atoms with Crippen molar-refractivity contribution in [3.05, 3.63) is 39.6 Å². The van der Waals surface area contributed by atoms with Gasteiger partial charge in [-0.15, -0.1) is 13.2 Å². The Morgan fingerprint density at radius 2 is 1.83 bits per heavy atom. The molecule has 0 aliphatic carbocycles. The van der Waals surface area contributed by atoms with Crippen LogP contribution in [0.1, 0.15) is 35.8 Å². The van der Waals surface area contributed by atoms with Crippen molar-refractivity contribution in [2.75, 3.05) is 0 Å². The van der Waals surface area contributed by atoms with Crippen molar-refractivity contribution < 1.29 is 27.8 Å². The van der Waals surface area contributed by atoms with Crippen LogP contribution in [0.15, 0.2) is 18.3 Å². The molecular formula is C14H11Cl2F3N2O3. The predicted octanol–water partition coefficient (Wildman–Crippen LogP) is 4.90. The lowest BCUT2D eigenvalue weighted by Crippen LogP contribution is -2.17. The lowest BCUT2D eigenvalue weighted by atomic mass is 10.1. The maximum atomic E-state index is 12.3. The molecule has 24 heavy (non-hydrogen) atoms. The van der Waals surface area contributed by atoms with Crippen LogP contribution in [0.2, 0.25) is 10.0 Å². The first-order valence-corrected chi connectivity index (χ1v) is 7.33. The highest BCUT2D eigenvalue weighted by Gasteiger charge is 2.32. The van der Waals surface area contributed by atoms with Crippen LogP contribution in [0.5, 0.6) is 5.75 Å². The molecule has 0 aliphatic heterocycles. The summed E-state index contributed by atoms with van der Waals surface area (Å²) < 4.78 is 41.9. The number of carbonyl (C=O) groups is 1. The molecule has 130 valence electrons. The fourth-order valence-corrected chi connectivity index (χ4v) is 2.82. The fraction of sp³-hybridized carbons (Fsp3) is 0.286. The van der Waals surface area contributed by atoms with Crippen molar-refractivity contribution >= 4 is 29.2 Å². The van der Waals surface area contributed by atoms with E-state index in [4.69, 9.17) is 23.2 Å². The molecule has 0 saturated heterocycles. The molecule has 0 atom stereocenters. The number of rotatable bonds is 4. The molecule has 0 saturated carbocycles. The highest BCUT2D eigenvalue weighted by molar-refractivity contribution is 6.38. The van der Waals surface area contributed by atoms with Gasteiger partial charge in [-0.1, -0.05) is 37.0 Å². The summed E-state index contributed by atoms with van der Waals surface area (Å²) in [6.45, 7) is 3.48. The number of benzene rings is 1. The second-order valence-electron chi connectivity index (χ2n) is 5.10. The van der Waals surface area contributed by atoms with Crippen LogP contribution in [-0.2, 0) is 0 Å². The number of aromatic nitrogens is 2. The standard InChI is InChI=1S/C14H11Cl2F3N2O3/c1-6(2)11-8(13(22)23)5-20-21(11)12-9(15)3-7(4-10(12)16)24-14(17,18)19/h3-6H,1-2H3,(H,22,23). The topological polar surface area (TPSA) is 64.3 Å². The zero-order valence-electron chi connectivity index (χ0n) is 12.4. The van der Waals surface area contributed by atoms with Gasteiger partial charge in [0.15, 0.2) is 0 Å². The summed E-state index contributed by atoms with van der Waals surface area (Å²) in [5, 5.41) is 12.9. The maximum Gasteiger partial charge on any atom is 0.573 e. The SMILES string of the molecule is CC(C)c1c(C(=O)O)cnn1-c1c(Cl)cc(OC(F)(F)F)cc1Cl. The van der Waals surface area contributed by atoms with Crippen molar-refractivity contribution in [3.63, 3.8) is 0 Å². The summed E-state index contributed by atoms with van der Waals surface area (Å²) in [5.41, 5.74) is 0.340. The van der Waals surface area contributed by atoms with E-state index in [0.717, 1.165) is 18.3 Å². The molecule has 0 bridgehead atoms. The zero-order chi connectivity index (χ0) is 18.2. The molecule has 0 spiro atoms. The third-order valence-electron chi connectivity index (χ3n) is 3.02. The van der Waals surface area contributed by atoms with Gasteiger partial charge < -0.3 is 9.84 Å². The highest BCUT2D eigenvalue weighted by atomic mass is 35.5. The van der Waals surface area contributed by atoms with Gasteiger partial charge in [-0.3, -0.25) is 0 Å². The van der Waals surface area contributed by atoms with E-state index in [2.05, 4.69) is 9.84 Å². The number of nitrogens with zero attached hydrogens (tertiary/aromatic N) is 2. The number of carboxylic acid groups (broad SMARTS) is 1. The van der Waals surface area contributed by atoms with Crippen LogP contribution in [0.3, 0.4) is 0 Å². The van der Waals surface area contributed by atoms with Gasteiger partial charge in [0.2, 0.25) is 0 Å².